The molecule has 0 saturated carbocycles. The van der Waals surface area contributed by atoms with Gasteiger partial charge in [-0.3, -0.25) is 0 Å². The average Bonchev–Trinajstić information content (AvgIpc) is 2.59. The zero-order valence-electron chi connectivity index (χ0n) is 13.5. The highest BCUT2D eigenvalue weighted by Gasteiger charge is 2.36. The van der Waals surface area contributed by atoms with Gasteiger partial charge in [-0.25, -0.2) is 4.79 Å². The van der Waals surface area contributed by atoms with Gasteiger partial charge in [0.1, 0.15) is 29.8 Å². The summed E-state index contributed by atoms with van der Waals surface area (Å²) >= 11 is 0. The third-order valence-corrected chi connectivity index (χ3v) is 3.61. The summed E-state index contributed by atoms with van der Waals surface area (Å²) in [4.78, 5) is 12.4. The number of carbonyl (C=O) groups excluding carboxylic acids is 1. The molecule has 124 valence electrons. The standard InChI is InChI=1S/C18H18N2O4/c1-4-9-23-18(21)15-11(2)24-17(20)14(10-19)16(15)12-5-7-13(22-3)8-6-12/h4-8,16H,1,9,20H2,2-3H3. The van der Waals surface area contributed by atoms with E-state index in [-0.39, 0.29) is 23.6 Å². The van der Waals surface area contributed by atoms with E-state index in [9.17, 15) is 10.1 Å². The molecule has 0 aliphatic carbocycles. The van der Waals surface area contributed by atoms with Crippen LogP contribution in [0.5, 0.6) is 5.75 Å². The van der Waals surface area contributed by atoms with Crippen molar-refractivity contribution in [2.24, 2.45) is 5.73 Å². The number of rotatable bonds is 5. The Morgan fingerprint density at radius 3 is 2.67 bits per heavy atom. The molecular formula is C18H18N2O4. The molecule has 2 rings (SSSR count). The maximum atomic E-state index is 12.4. The van der Waals surface area contributed by atoms with Crippen molar-refractivity contribution in [2.75, 3.05) is 13.7 Å². The molecule has 1 heterocycles. The molecule has 0 spiro atoms. The third kappa shape index (κ3) is 3.25. The zero-order chi connectivity index (χ0) is 17.7. The summed E-state index contributed by atoms with van der Waals surface area (Å²) in [7, 11) is 1.56. The van der Waals surface area contributed by atoms with Crippen molar-refractivity contribution in [1.82, 2.24) is 0 Å². The number of allylic oxidation sites excluding steroid dienone is 2. The Morgan fingerprint density at radius 2 is 2.12 bits per heavy atom. The van der Waals surface area contributed by atoms with E-state index < -0.39 is 11.9 Å². The molecule has 6 heteroatoms. The van der Waals surface area contributed by atoms with Crippen LogP contribution in [-0.2, 0) is 14.3 Å². The topological polar surface area (TPSA) is 94.6 Å². The zero-order valence-corrected chi connectivity index (χ0v) is 13.5. The number of nitrogens with zero attached hydrogens (tertiary/aromatic N) is 1. The number of esters is 1. The van der Waals surface area contributed by atoms with E-state index in [1.165, 1.54) is 6.08 Å². The molecule has 2 N–H and O–H groups in total. The summed E-state index contributed by atoms with van der Waals surface area (Å²) in [5.41, 5.74) is 6.95. The Hall–Kier alpha value is -3.20. The molecule has 24 heavy (non-hydrogen) atoms. The lowest BCUT2D eigenvalue weighted by Crippen LogP contribution is -2.25. The molecule has 6 nitrogen and oxygen atoms in total. The predicted molar refractivity (Wildman–Crippen MR) is 87.5 cm³/mol. The second-order valence-corrected chi connectivity index (χ2v) is 5.05. The van der Waals surface area contributed by atoms with Gasteiger partial charge in [-0.1, -0.05) is 24.8 Å². The first-order chi connectivity index (χ1) is 11.5. The molecule has 0 saturated heterocycles. The van der Waals surface area contributed by atoms with E-state index in [0.29, 0.717) is 17.1 Å². The lowest BCUT2D eigenvalue weighted by molar-refractivity contribution is -0.138. The molecule has 0 amide bonds. The number of benzene rings is 1. The van der Waals surface area contributed by atoms with Crippen molar-refractivity contribution in [3.05, 3.63) is 65.3 Å². The smallest absolute Gasteiger partial charge is 0.338 e. The minimum atomic E-state index is -0.660. The number of hydrogen-bond donors (Lipinski definition) is 1. The largest absolute Gasteiger partial charge is 0.497 e. The highest BCUT2D eigenvalue weighted by Crippen LogP contribution is 2.39. The van der Waals surface area contributed by atoms with Gasteiger partial charge in [-0.2, -0.15) is 5.26 Å². The van der Waals surface area contributed by atoms with Crippen LogP contribution >= 0.6 is 0 Å². The highest BCUT2D eigenvalue weighted by atomic mass is 16.5. The van der Waals surface area contributed by atoms with E-state index in [0.717, 1.165) is 0 Å². The fourth-order valence-electron chi connectivity index (χ4n) is 2.49. The molecule has 1 aliphatic heterocycles. The van der Waals surface area contributed by atoms with Gasteiger partial charge in [-0.15, -0.1) is 0 Å². The van der Waals surface area contributed by atoms with Gasteiger partial charge in [0.05, 0.1) is 18.6 Å². The summed E-state index contributed by atoms with van der Waals surface area (Å²) in [5, 5.41) is 9.47. The Bertz CT molecular complexity index is 754. The summed E-state index contributed by atoms with van der Waals surface area (Å²) in [6.45, 7) is 5.19. The first kappa shape index (κ1) is 17.2. The number of methoxy groups -OCH3 is 1. The van der Waals surface area contributed by atoms with Crippen LogP contribution in [0.2, 0.25) is 0 Å². The fourth-order valence-corrected chi connectivity index (χ4v) is 2.49. The van der Waals surface area contributed by atoms with Crippen molar-refractivity contribution in [3.8, 4) is 11.8 Å². The van der Waals surface area contributed by atoms with Crippen LogP contribution in [0.25, 0.3) is 0 Å². The van der Waals surface area contributed by atoms with Gasteiger partial charge in [0, 0.05) is 0 Å². The molecule has 1 aliphatic rings. The van der Waals surface area contributed by atoms with Crippen LogP contribution in [0.15, 0.2) is 59.7 Å². The van der Waals surface area contributed by atoms with Crippen molar-refractivity contribution < 1.29 is 19.0 Å². The molecule has 1 aromatic rings. The summed E-state index contributed by atoms with van der Waals surface area (Å²) in [5.74, 6) is -0.282. The number of nitriles is 1. The van der Waals surface area contributed by atoms with E-state index in [1.54, 1.807) is 38.3 Å². The second-order valence-electron chi connectivity index (χ2n) is 5.05. The predicted octanol–water partition coefficient (Wildman–Crippen LogP) is 2.51. The number of hydrogen-bond acceptors (Lipinski definition) is 6. The van der Waals surface area contributed by atoms with Crippen LogP contribution in [-0.4, -0.2) is 19.7 Å². The molecule has 1 unspecified atom stereocenters. The third-order valence-electron chi connectivity index (χ3n) is 3.61. The molecule has 0 fully saturated rings. The van der Waals surface area contributed by atoms with E-state index in [4.69, 9.17) is 19.9 Å². The Morgan fingerprint density at radius 1 is 1.46 bits per heavy atom. The Labute approximate surface area is 140 Å². The minimum Gasteiger partial charge on any atom is -0.497 e. The van der Waals surface area contributed by atoms with Crippen LogP contribution in [0.1, 0.15) is 18.4 Å². The van der Waals surface area contributed by atoms with Crippen molar-refractivity contribution >= 4 is 5.97 Å². The van der Waals surface area contributed by atoms with Crippen LogP contribution in [0, 0.1) is 11.3 Å². The van der Waals surface area contributed by atoms with Crippen molar-refractivity contribution in [1.29, 1.82) is 5.26 Å². The molecule has 0 aromatic heterocycles. The molecule has 0 radical (unpaired) electrons. The van der Waals surface area contributed by atoms with E-state index >= 15 is 0 Å². The molecule has 1 atom stereocenters. The minimum absolute atomic E-state index is 0.0175. The fraction of sp³-hybridized carbons (Fsp3) is 0.222. The quantitative estimate of drug-likeness (QED) is 0.660. The Kier molecular flexibility index (Phi) is 5.27. The maximum absolute atomic E-state index is 12.4. The number of carbonyl (C=O) groups is 1. The number of nitrogens with two attached hydrogens (primary N) is 1. The summed E-state index contributed by atoms with van der Waals surface area (Å²) < 4.78 is 15.6. The molecule has 1 aromatic carbocycles. The summed E-state index contributed by atoms with van der Waals surface area (Å²) in [6, 6.07) is 9.07. The lowest BCUT2D eigenvalue weighted by Gasteiger charge is -2.26. The van der Waals surface area contributed by atoms with Gasteiger partial charge < -0.3 is 19.9 Å². The monoisotopic (exact) mass is 326 g/mol. The molecule has 0 bridgehead atoms. The average molecular weight is 326 g/mol. The Balaban J connectivity index is 2.52. The van der Waals surface area contributed by atoms with Crippen LogP contribution in [0.3, 0.4) is 0 Å². The van der Waals surface area contributed by atoms with Gasteiger partial charge >= 0.3 is 5.97 Å². The first-order valence-corrected chi connectivity index (χ1v) is 7.23. The number of ether oxygens (including phenoxy) is 3. The SMILES string of the molecule is C=CCOC(=O)C1=C(C)OC(N)=C(C#N)C1c1ccc(OC)cc1. The lowest BCUT2D eigenvalue weighted by atomic mass is 9.83. The van der Waals surface area contributed by atoms with Crippen LogP contribution < -0.4 is 10.5 Å². The first-order valence-electron chi connectivity index (χ1n) is 7.23. The second kappa shape index (κ2) is 7.38. The summed E-state index contributed by atoms with van der Waals surface area (Å²) in [6.07, 6.45) is 1.47. The van der Waals surface area contributed by atoms with E-state index in [1.807, 2.05) is 6.07 Å². The van der Waals surface area contributed by atoms with Gasteiger partial charge in [0.2, 0.25) is 5.88 Å². The van der Waals surface area contributed by atoms with Crippen LogP contribution in [0.4, 0.5) is 0 Å². The highest BCUT2D eigenvalue weighted by molar-refractivity contribution is 5.92. The maximum Gasteiger partial charge on any atom is 0.338 e. The van der Waals surface area contributed by atoms with E-state index in [2.05, 4.69) is 6.58 Å². The van der Waals surface area contributed by atoms with Gasteiger partial charge in [-0.05, 0) is 24.6 Å². The normalized spacial score (nSPS) is 17.0. The molecular weight excluding hydrogens is 308 g/mol. The van der Waals surface area contributed by atoms with Crippen molar-refractivity contribution in [3.63, 3.8) is 0 Å². The van der Waals surface area contributed by atoms with Gasteiger partial charge in [0.15, 0.2) is 0 Å². The van der Waals surface area contributed by atoms with Crippen molar-refractivity contribution in [2.45, 2.75) is 12.8 Å². The van der Waals surface area contributed by atoms with Gasteiger partial charge in [0.25, 0.3) is 0 Å².